The highest BCUT2D eigenvalue weighted by molar-refractivity contribution is 6.33. The molecule has 0 saturated carbocycles. The molecule has 1 amide bonds. The van der Waals surface area contributed by atoms with Crippen molar-refractivity contribution in [3.05, 3.63) is 99.5 Å². The van der Waals surface area contributed by atoms with E-state index in [0.29, 0.717) is 22.5 Å². The van der Waals surface area contributed by atoms with Crippen molar-refractivity contribution in [2.75, 3.05) is 5.01 Å². The Labute approximate surface area is 185 Å². The molecule has 2 heterocycles. The van der Waals surface area contributed by atoms with Crippen molar-refractivity contribution < 1.29 is 4.79 Å². The lowest BCUT2D eigenvalue weighted by atomic mass is 10.1. The molecule has 4 aromatic rings. The van der Waals surface area contributed by atoms with E-state index in [4.69, 9.17) is 0 Å². The first-order valence-corrected chi connectivity index (χ1v) is 10.4. The topological polar surface area (TPSA) is 70.5 Å². The fourth-order valence-corrected chi connectivity index (χ4v) is 3.99. The Hall–Kier alpha value is -4.19. The third kappa shape index (κ3) is 3.17. The van der Waals surface area contributed by atoms with Gasteiger partial charge in [0, 0.05) is 11.1 Å². The minimum atomic E-state index is -0.249. The molecule has 1 N–H and O–H groups in total. The molecule has 6 nitrogen and oxygen atoms in total. The first kappa shape index (κ1) is 19.8. The summed E-state index contributed by atoms with van der Waals surface area (Å²) in [5.41, 5.74) is 4.49. The molecule has 0 unspecified atom stereocenters. The lowest BCUT2D eigenvalue weighted by Gasteiger charge is -2.14. The van der Waals surface area contributed by atoms with E-state index < -0.39 is 0 Å². The number of aromatic nitrogens is 2. The van der Waals surface area contributed by atoms with Crippen molar-refractivity contribution in [1.82, 2.24) is 9.78 Å². The minimum absolute atomic E-state index is 0.205. The summed E-state index contributed by atoms with van der Waals surface area (Å²) < 4.78 is 1.50. The number of benzene rings is 3. The number of carbonyl (C=O) groups excluding carboxylic acids is 1. The van der Waals surface area contributed by atoms with E-state index in [2.05, 4.69) is 10.2 Å². The van der Waals surface area contributed by atoms with Crippen molar-refractivity contribution in [2.24, 2.45) is 5.10 Å². The monoisotopic (exact) mass is 422 g/mol. The van der Waals surface area contributed by atoms with Gasteiger partial charge < -0.3 is 0 Å². The van der Waals surface area contributed by atoms with Gasteiger partial charge in [-0.2, -0.15) is 10.1 Å². The van der Waals surface area contributed by atoms with Crippen LogP contribution in [0.3, 0.4) is 0 Å². The largest absolute Gasteiger partial charge is 0.295 e. The zero-order valence-corrected chi connectivity index (χ0v) is 18.1. The number of anilines is 1. The van der Waals surface area contributed by atoms with Gasteiger partial charge in [-0.3, -0.25) is 14.7 Å². The van der Waals surface area contributed by atoms with Crippen LogP contribution in [0.15, 0.2) is 82.2 Å². The molecule has 1 aromatic heterocycles. The maximum atomic E-state index is 13.3. The van der Waals surface area contributed by atoms with E-state index >= 15 is 0 Å². The van der Waals surface area contributed by atoms with Gasteiger partial charge in [0.25, 0.3) is 11.5 Å². The quantitative estimate of drug-likeness (QED) is 0.485. The maximum Gasteiger partial charge on any atom is 0.280 e. The van der Waals surface area contributed by atoms with Crippen LogP contribution >= 0.6 is 0 Å². The predicted molar refractivity (Wildman–Crippen MR) is 128 cm³/mol. The van der Waals surface area contributed by atoms with E-state index in [-0.39, 0.29) is 11.5 Å². The zero-order valence-electron chi connectivity index (χ0n) is 18.1. The van der Waals surface area contributed by atoms with Crippen molar-refractivity contribution in [3.8, 4) is 5.69 Å². The molecule has 0 aliphatic carbocycles. The summed E-state index contributed by atoms with van der Waals surface area (Å²) in [7, 11) is 0. The molecule has 0 spiro atoms. The SMILES string of the molecule is CC1=NN(c2cccc3ccccc23)C(=O)/C1=C/c1c(C)[nH]n(-c2ccc(C)cc2)c1=O. The number of rotatable bonds is 3. The second-order valence-electron chi connectivity index (χ2n) is 7.99. The van der Waals surface area contributed by atoms with Crippen LogP contribution < -0.4 is 10.6 Å². The molecular weight excluding hydrogens is 400 g/mol. The highest BCUT2D eigenvalue weighted by atomic mass is 16.2. The molecule has 6 heteroatoms. The van der Waals surface area contributed by atoms with E-state index in [1.165, 1.54) is 9.69 Å². The molecule has 1 aliphatic rings. The molecular formula is C26H22N4O2. The highest BCUT2D eigenvalue weighted by Gasteiger charge is 2.30. The minimum Gasteiger partial charge on any atom is -0.295 e. The Morgan fingerprint density at radius 3 is 2.38 bits per heavy atom. The van der Waals surface area contributed by atoms with Crippen LogP contribution in [0.1, 0.15) is 23.7 Å². The van der Waals surface area contributed by atoms with Gasteiger partial charge in [0.1, 0.15) is 0 Å². The molecule has 158 valence electrons. The third-order valence-electron chi connectivity index (χ3n) is 5.76. The molecule has 5 rings (SSSR count). The van der Waals surface area contributed by atoms with E-state index in [1.54, 1.807) is 13.0 Å². The third-order valence-corrected chi connectivity index (χ3v) is 5.76. The molecule has 1 aliphatic heterocycles. The number of amides is 1. The predicted octanol–water partition coefficient (Wildman–Crippen LogP) is 4.74. The number of aromatic amines is 1. The highest BCUT2D eigenvalue weighted by Crippen LogP contribution is 2.31. The molecule has 0 saturated heterocycles. The van der Waals surface area contributed by atoms with Gasteiger partial charge in [-0.05, 0) is 50.4 Å². The van der Waals surface area contributed by atoms with E-state index in [1.807, 2.05) is 80.6 Å². The maximum absolute atomic E-state index is 13.3. The molecule has 3 aromatic carbocycles. The summed E-state index contributed by atoms with van der Waals surface area (Å²) in [5.74, 6) is -0.249. The fourth-order valence-electron chi connectivity index (χ4n) is 3.99. The standard InChI is InChI=1S/C26H22N4O2/c1-16-11-13-20(14-12-16)29-25(31)22(17(2)27-29)15-23-18(3)28-30(26(23)32)24-10-6-8-19-7-4-5-9-21(19)24/h4-15,27H,1-3H3/b23-15+. The van der Waals surface area contributed by atoms with E-state index in [0.717, 1.165) is 27.7 Å². The van der Waals surface area contributed by atoms with Gasteiger partial charge in [0.15, 0.2) is 0 Å². The Morgan fingerprint density at radius 2 is 1.59 bits per heavy atom. The molecule has 0 fully saturated rings. The van der Waals surface area contributed by atoms with Crippen LogP contribution in [0.5, 0.6) is 0 Å². The lowest BCUT2D eigenvalue weighted by Crippen LogP contribution is -2.22. The van der Waals surface area contributed by atoms with Gasteiger partial charge in [0.2, 0.25) is 0 Å². The van der Waals surface area contributed by atoms with Gasteiger partial charge in [0.05, 0.1) is 28.2 Å². The summed E-state index contributed by atoms with van der Waals surface area (Å²) in [4.78, 5) is 26.5. The number of carbonyl (C=O) groups is 1. The molecule has 0 atom stereocenters. The molecule has 0 radical (unpaired) electrons. The summed E-state index contributed by atoms with van der Waals surface area (Å²) in [5, 5.41) is 11.0. The van der Waals surface area contributed by atoms with E-state index in [9.17, 15) is 9.59 Å². The van der Waals surface area contributed by atoms with Gasteiger partial charge in [-0.1, -0.05) is 54.1 Å². The second-order valence-corrected chi connectivity index (χ2v) is 7.99. The summed E-state index contributed by atoms with van der Waals surface area (Å²) >= 11 is 0. The molecule has 0 bridgehead atoms. The summed E-state index contributed by atoms with van der Waals surface area (Å²) in [6, 6.07) is 21.4. The number of hydrogen-bond acceptors (Lipinski definition) is 3. The van der Waals surface area contributed by atoms with Crippen LogP contribution in [0, 0.1) is 13.8 Å². The van der Waals surface area contributed by atoms with Crippen LogP contribution in [0.4, 0.5) is 5.69 Å². The van der Waals surface area contributed by atoms with Crippen LogP contribution in [0.2, 0.25) is 0 Å². The van der Waals surface area contributed by atoms with Crippen molar-refractivity contribution >= 4 is 34.2 Å². The van der Waals surface area contributed by atoms with Gasteiger partial charge >= 0.3 is 0 Å². The normalized spacial score (nSPS) is 15.1. The number of nitrogens with one attached hydrogen (secondary N) is 1. The number of hydrogen-bond donors (Lipinski definition) is 1. The Bertz CT molecular complexity index is 1480. The average molecular weight is 422 g/mol. The number of fused-ring (bicyclic) bond motifs is 1. The van der Waals surface area contributed by atoms with Crippen LogP contribution in [0.25, 0.3) is 22.5 Å². The van der Waals surface area contributed by atoms with Crippen LogP contribution in [-0.4, -0.2) is 21.4 Å². The fraction of sp³-hybridized carbons (Fsp3) is 0.115. The molecule has 32 heavy (non-hydrogen) atoms. The second kappa shape index (κ2) is 7.50. The number of H-pyrrole nitrogens is 1. The van der Waals surface area contributed by atoms with Crippen molar-refractivity contribution in [1.29, 1.82) is 0 Å². The van der Waals surface area contributed by atoms with Crippen molar-refractivity contribution in [3.63, 3.8) is 0 Å². The van der Waals surface area contributed by atoms with Gasteiger partial charge in [-0.15, -0.1) is 0 Å². The summed E-state index contributed by atoms with van der Waals surface area (Å²) in [6.45, 7) is 5.61. The Kier molecular flexibility index (Phi) is 4.63. The average Bonchev–Trinajstić information content (AvgIpc) is 3.24. The number of hydrazone groups is 1. The lowest BCUT2D eigenvalue weighted by molar-refractivity contribution is -0.114. The van der Waals surface area contributed by atoms with Gasteiger partial charge in [-0.25, -0.2) is 4.68 Å². The van der Waals surface area contributed by atoms with Crippen LogP contribution in [-0.2, 0) is 4.79 Å². The smallest absolute Gasteiger partial charge is 0.280 e. The first-order chi connectivity index (χ1) is 15.4. The Morgan fingerprint density at radius 1 is 0.875 bits per heavy atom. The zero-order chi connectivity index (χ0) is 22.4. The first-order valence-electron chi connectivity index (χ1n) is 10.4. The number of aryl methyl sites for hydroxylation is 2. The Balaban J connectivity index is 1.56. The summed E-state index contributed by atoms with van der Waals surface area (Å²) in [6.07, 6.45) is 1.64. The number of nitrogens with zero attached hydrogens (tertiary/aromatic N) is 3. The van der Waals surface area contributed by atoms with Crippen molar-refractivity contribution in [2.45, 2.75) is 20.8 Å².